The number of rotatable bonds is 3. The summed E-state index contributed by atoms with van der Waals surface area (Å²) in [6, 6.07) is 4.96. The topological polar surface area (TPSA) is 31.4 Å². The first-order valence-electron chi connectivity index (χ1n) is 6.59. The fraction of sp³-hybridized carbons (Fsp3) is 0.615. The molecule has 2 saturated heterocycles. The zero-order valence-electron chi connectivity index (χ0n) is 10.5. The van der Waals surface area contributed by atoms with Gasteiger partial charge in [0.1, 0.15) is 0 Å². The molecule has 1 N–H and O–H groups in total. The van der Waals surface area contributed by atoms with Crippen molar-refractivity contribution in [1.29, 1.82) is 0 Å². The van der Waals surface area contributed by atoms with Crippen molar-refractivity contribution in [1.82, 2.24) is 20.1 Å². The van der Waals surface area contributed by atoms with Crippen LogP contribution >= 0.6 is 15.9 Å². The van der Waals surface area contributed by atoms with Crippen molar-refractivity contribution in [3.05, 3.63) is 28.5 Å². The SMILES string of the molecule is Brc1ccc(CN2CCN(C3CNC3)CC2)nc1. The monoisotopic (exact) mass is 310 g/mol. The highest BCUT2D eigenvalue weighted by atomic mass is 79.9. The van der Waals surface area contributed by atoms with E-state index in [0.29, 0.717) is 0 Å². The summed E-state index contributed by atoms with van der Waals surface area (Å²) in [6.45, 7) is 8.04. The number of hydrogen-bond donors (Lipinski definition) is 1. The highest BCUT2D eigenvalue weighted by Crippen LogP contribution is 2.13. The van der Waals surface area contributed by atoms with Crippen LogP contribution in [0.15, 0.2) is 22.8 Å². The van der Waals surface area contributed by atoms with Crippen LogP contribution in [0.25, 0.3) is 0 Å². The van der Waals surface area contributed by atoms with E-state index in [1.54, 1.807) is 0 Å². The summed E-state index contributed by atoms with van der Waals surface area (Å²) in [7, 11) is 0. The van der Waals surface area contributed by atoms with Gasteiger partial charge in [-0.2, -0.15) is 0 Å². The van der Waals surface area contributed by atoms with Crippen molar-refractivity contribution in [2.24, 2.45) is 0 Å². The van der Waals surface area contributed by atoms with E-state index in [9.17, 15) is 0 Å². The van der Waals surface area contributed by atoms with Gasteiger partial charge < -0.3 is 5.32 Å². The fourth-order valence-electron chi connectivity index (χ4n) is 2.55. The first kappa shape index (κ1) is 12.5. The highest BCUT2D eigenvalue weighted by Gasteiger charge is 2.27. The number of aromatic nitrogens is 1. The number of nitrogens with zero attached hydrogens (tertiary/aromatic N) is 3. The molecule has 2 fully saturated rings. The van der Waals surface area contributed by atoms with Gasteiger partial charge in [0, 0.05) is 62.5 Å². The third kappa shape index (κ3) is 2.91. The summed E-state index contributed by atoms with van der Waals surface area (Å²) in [6.07, 6.45) is 1.88. The molecule has 2 aliphatic heterocycles. The molecule has 0 spiro atoms. The van der Waals surface area contributed by atoms with Crippen molar-refractivity contribution in [2.75, 3.05) is 39.3 Å². The molecule has 98 valence electrons. The second-order valence-electron chi connectivity index (χ2n) is 5.09. The van der Waals surface area contributed by atoms with Crippen LogP contribution in [0.3, 0.4) is 0 Å². The molecular formula is C13H19BrN4. The van der Waals surface area contributed by atoms with Gasteiger partial charge in [-0.3, -0.25) is 14.8 Å². The Hall–Kier alpha value is -0.490. The van der Waals surface area contributed by atoms with E-state index in [4.69, 9.17) is 0 Å². The standard InChI is InChI=1S/C13H19BrN4/c14-11-1-2-12(16-7-11)10-17-3-5-18(6-4-17)13-8-15-9-13/h1-2,7,13,15H,3-6,8-10H2. The van der Waals surface area contributed by atoms with Crippen molar-refractivity contribution < 1.29 is 0 Å². The lowest BCUT2D eigenvalue weighted by Gasteiger charge is -2.43. The minimum Gasteiger partial charge on any atom is -0.314 e. The predicted molar refractivity (Wildman–Crippen MR) is 75.4 cm³/mol. The quantitative estimate of drug-likeness (QED) is 0.900. The van der Waals surface area contributed by atoms with E-state index in [0.717, 1.165) is 35.8 Å². The molecule has 4 nitrogen and oxygen atoms in total. The lowest BCUT2D eigenvalue weighted by atomic mass is 10.1. The third-order valence-electron chi connectivity index (χ3n) is 3.86. The number of hydrogen-bond acceptors (Lipinski definition) is 4. The van der Waals surface area contributed by atoms with Gasteiger partial charge in [-0.15, -0.1) is 0 Å². The molecule has 2 aliphatic rings. The van der Waals surface area contributed by atoms with Crippen LogP contribution in [0, 0.1) is 0 Å². The number of nitrogens with one attached hydrogen (secondary N) is 1. The molecule has 0 unspecified atom stereocenters. The summed E-state index contributed by atoms with van der Waals surface area (Å²) in [5, 5.41) is 3.35. The minimum absolute atomic E-state index is 0.790. The van der Waals surface area contributed by atoms with E-state index >= 15 is 0 Å². The van der Waals surface area contributed by atoms with E-state index < -0.39 is 0 Å². The number of pyridine rings is 1. The molecule has 0 bridgehead atoms. The second-order valence-corrected chi connectivity index (χ2v) is 6.01. The summed E-state index contributed by atoms with van der Waals surface area (Å²) in [5.41, 5.74) is 1.16. The van der Waals surface area contributed by atoms with Crippen molar-refractivity contribution in [3.63, 3.8) is 0 Å². The first-order chi connectivity index (χ1) is 8.81. The molecule has 3 heterocycles. The molecule has 0 aliphatic carbocycles. The highest BCUT2D eigenvalue weighted by molar-refractivity contribution is 9.10. The maximum Gasteiger partial charge on any atom is 0.0544 e. The molecule has 1 aromatic heterocycles. The molecule has 5 heteroatoms. The van der Waals surface area contributed by atoms with Gasteiger partial charge in [-0.25, -0.2) is 0 Å². The van der Waals surface area contributed by atoms with Crippen molar-refractivity contribution >= 4 is 15.9 Å². The molecule has 0 radical (unpaired) electrons. The summed E-state index contributed by atoms with van der Waals surface area (Å²) >= 11 is 3.42. The zero-order chi connectivity index (χ0) is 12.4. The third-order valence-corrected chi connectivity index (χ3v) is 4.33. The Morgan fingerprint density at radius 3 is 2.56 bits per heavy atom. The van der Waals surface area contributed by atoms with Crippen molar-refractivity contribution in [3.8, 4) is 0 Å². The van der Waals surface area contributed by atoms with Gasteiger partial charge in [0.25, 0.3) is 0 Å². The predicted octanol–water partition coefficient (Wildman–Crippen LogP) is 0.933. The van der Waals surface area contributed by atoms with E-state index in [-0.39, 0.29) is 0 Å². The zero-order valence-corrected chi connectivity index (χ0v) is 12.1. The Kier molecular flexibility index (Phi) is 3.94. The van der Waals surface area contributed by atoms with Gasteiger partial charge in [0.15, 0.2) is 0 Å². The Morgan fingerprint density at radius 1 is 1.22 bits per heavy atom. The largest absolute Gasteiger partial charge is 0.314 e. The fourth-order valence-corrected chi connectivity index (χ4v) is 2.78. The summed E-state index contributed by atoms with van der Waals surface area (Å²) in [5.74, 6) is 0. The van der Waals surface area contributed by atoms with E-state index in [1.165, 1.54) is 26.2 Å². The second kappa shape index (κ2) is 5.65. The van der Waals surface area contributed by atoms with Gasteiger partial charge in [-0.05, 0) is 28.1 Å². The van der Waals surface area contributed by atoms with E-state index in [1.807, 2.05) is 6.20 Å². The maximum atomic E-state index is 4.44. The molecule has 18 heavy (non-hydrogen) atoms. The van der Waals surface area contributed by atoms with Crippen molar-refractivity contribution in [2.45, 2.75) is 12.6 Å². The average molecular weight is 311 g/mol. The summed E-state index contributed by atoms with van der Waals surface area (Å²) in [4.78, 5) is 9.55. The van der Waals surface area contributed by atoms with Gasteiger partial charge in [0.2, 0.25) is 0 Å². The number of piperazine rings is 1. The van der Waals surface area contributed by atoms with E-state index in [2.05, 4.69) is 48.2 Å². The molecular weight excluding hydrogens is 292 g/mol. The molecule has 0 atom stereocenters. The van der Waals surface area contributed by atoms with Crippen LogP contribution in [0.1, 0.15) is 5.69 Å². The average Bonchev–Trinajstić information content (AvgIpc) is 2.32. The minimum atomic E-state index is 0.790. The van der Waals surface area contributed by atoms with Gasteiger partial charge >= 0.3 is 0 Å². The summed E-state index contributed by atoms with van der Waals surface area (Å²) < 4.78 is 1.05. The van der Waals surface area contributed by atoms with Crippen LogP contribution in [0.5, 0.6) is 0 Å². The smallest absolute Gasteiger partial charge is 0.0544 e. The van der Waals surface area contributed by atoms with Crippen LogP contribution in [-0.4, -0.2) is 60.1 Å². The van der Waals surface area contributed by atoms with Crippen LogP contribution in [-0.2, 0) is 6.54 Å². The van der Waals surface area contributed by atoms with Crippen LogP contribution < -0.4 is 5.32 Å². The number of halogens is 1. The molecule has 0 saturated carbocycles. The maximum absolute atomic E-state index is 4.44. The molecule has 0 aromatic carbocycles. The Balaban J connectivity index is 1.48. The van der Waals surface area contributed by atoms with Gasteiger partial charge in [0.05, 0.1) is 5.69 Å². The molecule has 3 rings (SSSR count). The first-order valence-corrected chi connectivity index (χ1v) is 7.38. The van der Waals surface area contributed by atoms with Crippen LogP contribution in [0.2, 0.25) is 0 Å². The normalized spacial score (nSPS) is 22.9. The van der Waals surface area contributed by atoms with Gasteiger partial charge in [-0.1, -0.05) is 0 Å². The Labute approximate surface area is 116 Å². The molecule has 0 amide bonds. The Morgan fingerprint density at radius 2 is 2.00 bits per heavy atom. The Bertz CT molecular complexity index is 382. The van der Waals surface area contributed by atoms with Crippen LogP contribution in [0.4, 0.5) is 0 Å². The lowest BCUT2D eigenvalue weighted by Crippen LogP contribution is -2.61. The lowest BCUT2D eigenvalue weighted by molar-refractivity contribution is 0.0690. The molecule has 1 aromatic rings.